The fourth-order valence-corrected chi connectivity index (χ4v) is 3.24. The normalized spacial score (nSPS) is 16.2. The third-order valence-electron chi connectivity index (χ3n) is 3.79. The van der Waals surface area contributed by atoms with Crippen molar-refractivity contribution in [2.45, 2.75) is 6.92 Å². The molecule has 4 nitrogen and oxygen atoms in total. The number of likely N-dealkylation sites (N-methyl/N-ethyl adjacent to an activating group) is 1. The lowest BCUT2D eigenvalue weighted by atomic mass is 10.1. The van der Waals surface area contributed by atoms with Crippen LogP contribution < -0.4 is 0 Å². The first kappa shape index (κ1) is 14.2. The molecule has 110 valence electrons. The summed E-state index contributed by atoms with van der Waals surface area (Å²) >= 11 is 1.63. The van der Waals surface area contributed by atoms with Gasteiger partial charge in [0.25, 0.3) is 5.91 Å². The van der Waals surface area contributed by atoms with Gasteiger partial charge in [0, 0.05) is 48.4 Å². The van der Waals surface area contributed by atoms with Crippen molar-refractivity contribution in [3.8, 4) is 10.6 Å². The number of aromatic nitrogens is 1. The van der Waals surface area contributed by atoms with Gasteiger partial charge in [-0.1, -0.05) is 12.1 Å². The predicted octanol–water partition coefficient (Wildman–Crippen LogP) is 2.51. The molecule has 0 N–H and O–H groups in total. The molecule has 21 heavy (non-hydrogen) atoms. The zero-order chi connectivity index (χ0) is 14.8. The molecule has 1 aromatic carbocycles. The number of hydrogen-bond acceptors (Lipinski definition) is 4. The lowest BCUT2D eigenvalue weighted by molar-refractivity contribution is 0.0664. The van der Waals surface area contributed by atoms with Crippen LogP contribution in [0.15, 0.2) is 29.6 Å². The summed E-state index contributed by atoms with van der Waals surface area (Å²) in [6.45, 7) is 5.50. The summed E-state index contributed by atoms with van der Waals surface area (Å²) in [7, 11) is 2.09. The number of carbonyl (C=O) groups is 1. The summed E-state index contributed by atoms with van der Waals surface area (Å²) in [6.07, 6.45) is 0. The van der Waals surface area contributed by atoms with Gasteiger partial charge >= 0.3 is 0 Å². The van der Waals surface area contributed by atoms with E-state index < -0.39 is 0 Å². The second-order valence-corrected chi connectivity index (χ2v) is 6.32. The lowest BCUT2D eigenvalue weighted by Gasteiger charge is -2.32. The highest BCUT2D eigenvalue weighted by Gasteiger charge is 2.20. The van der Waals surface area contributed by atoms with Crippen molar-refractivity contribution in [1.82, 2.24) is 14.8 Å². The quantitative estimate of drug-likeness (QED) is 0.855. The van der Waals surface area contributed by atoms with E-state index in [9.17, 15) is 4.79 Å². The number of piperazine rings is 1. The molecule has 0 aliphatic carbocycles. The molecule has 1 aromatic heterocycles. The van der Waals surface area contributed by atoms with Crippen LogP contribution in [0.25, 0.3) is 10.6 Å². The smallest absolute Gasteiger partial charge is 0.253 e. The predicted molar refractivity (Wildman–Crippen MR) is 85.7 cm³/mol. The first-order chi connectivity index (χ1) is 10.1. The summed E-state index contributed by atoms with van der Waals surface area (Å²) in [5.41, 5.74) is 2.87. The number of rotatable bonds is 2. The maximum absolute atomic E-state index is 12.5. The number of thiazole rings is 1. The van der Waals surface area contributed by atoms with E-state index in [0.717, 1.165) is 48.0 Å². The Hall–Kier alpha value is -1.72. The van der Waals surface area contributed by atoms with Gasteiger partial charge < -0.3 is 9.80 Å². The monoisotopic (exact) mass is 301 g/mol. The van der Waals surface area contributed by atoms with E-state index in [-0.39, 0.29) is 5.91 Å². The fourth-order valence-electron chi connectivity index (χ4n) is 2.43. The summed E-state index contributed by atoms with van der Waals surface area (Å²) in [5.74, 6) is 0.130. The average molecular weight is 301 g/mol. The Morgan fingerprint density at radius 2 is 1.81 bits per heavy atom. The Bertz CT molecular complexity index is 627. The SMILES string of the molecule is Cc1csc(-c2ccc(C(=O)N3CCN(C)CC3)cc2)n1. The van der Waals surface area contributed by atoms with Crippen LogP contribution in [0.4, 0.5) is 0 Å². The Morgan fingerprint density at radius 1 is 1.14 bits per heavy atom. The molecule has 0 spiro atoms. The summed E-state index contributed by atoms with van der Waals surface area (Å²) in [5, 5.41) is 3.05. The molecule has 0 bridgehead atoms. The molecule has 1 aliphatic rings. The number of nitrogens with zero attached hydrogens (tertiary/aromatic N) is 3. The van der Waals surface area contributed by atoms with Crippen LogP contribution in [0.1, 0.15) is 16.1 Å². The van der Waals surface area contributed by atoms with Gasteiger partial charge in [0.1, 0.15) is 5.01 Å². The minimum Gasteiger partial charge on any atom is -0.336 e. The Morgan fingerprint density at radius 3 is 2.38 bits per heavy atom. The third-order valence-corrected chi connectivity index (χ3v) is 4.80. The molecule has 0 atom stereocenters. The van der Waals surface area contributed by atoms with E-state index in [2.05, 4.69) is 16.9 Å². The highest BCUT2D eigenvalue weighted by Crippen LogP contribution is 2.24. The Labute approximate surface area is 129 Å². The standard InChI is InChI=1S/C16H19N3OS/c1-12-11-21-15(17-12)13-3-5-14(6-4-13)16(20)19-9-7-18(2)8-10-19/h3-6,11H,7-10H2,1-2H3. The number of benzene rings is 1. The highest BCUT2D eigenvalue weighted by atomic mass is 32.1. The molecule has 2 heterocycles. The van der Waals surface area contributed by atoms with Gasteiger partial charge in [-0.25, -0.2) is 4.98 Å². The van der Waals surface area contributed by atoms with Gasteiger partial charge in [0.2, 0.25) is 0 Å². The maximum atomic E-state index is 12.5. The molecule has 2 aromatic rings. The van der Waals surface area contributed by atoms with Crippen molar-refractivity contribution in [1.29, 1.82) is 0 Å². The van der Waals surface area contributed by atoms with Gasteiger partial charge in [-0.3, -0.25) is 4.79 Å². The van der Waals surface area contributed by atoms with Crippen molar-refractivity contribution < 1.29 is 4.79 Å². The van der Waals surface area contributed by atoms with Gasteiger partial charge in [0.15, 0.2) is 0 Å². The van der Waals surface area contributed by atoms with Crippen LogP contribution in [-0.2, 0) is 0 Å². The van der Waals surface area contributed by atoms with Crippen LogP contribution in [-0.4, -0.2) is 53.9 Å². The molecule has 1 aliphatic heterocycles. The van der Waals surface area contributed by atoms with Gasteiger partial charge in [-0.2, -0.15) is 0 Å². The van der Waals surface area contributed by atoms with E-state index in [0.29, 0.717) is 0 Å². The molecule has 1 saturated heterocycles. The molecular formula is C16H19N3OS. The topological polar surface area (TPSA) is 36.4 Å². The lowest BCUT2D eigenvalue weighted by Crippen LogP contribution is -2.47. The second kappa shape index (κ2) is 5.95. The number of carbonyl (C=O) groups excluding carboxylic acids is 1. The van der Waals surface area contributed by atoms with Crippen LogP contribution >= 0.6 is 11.3 Å². The number of hydrogen-bond donors (Lipinski definition) is 0. The molecule has 0 saturated carbocycles. The molecule has 0 unspecified atom stereocenters. The number of amides is 1. The van der Waals surface area contributed by atoms with Crippen molar-refractivity contribution in [3.05, 3.63) is 40.9 Å². The minimum atomic E-state index is 0.130. The molecule has 0 radical (unpaired) electrons. The van der Waals surface area contributed by atoms with Gasteiger partial charge in [-0.05, 0) is 26.1 Å². The summed E-state index contributed by atoms with van der Waals surface area (Å²) in [6, 6.07) is 7.79. The van der Waals surface area contributed by atoms with E-state index in [1.165, 1.54) is 0 Å². The van der Waals surface area contributed by atoms with Gasteiger partial charge in [-0.15, -0.1) is 11.3 Å². The van der Waals surface area contributed by atoms with Crippen molar-refractivity contribution in [2.24, 2.45) is 0 Å². The highest BCUT2D eigenvalue weighted by molar-refractivity contribution is 7.13. The van der Waals surface area contributed by atoms with Crippen LogP contribution in [0.2, 0.25) is 0 Å². The third kappa shape index (κ3) is 3.14. The van der Waals surface area contributed by atoms with E-state index >= 15 is 0 Å². The minimum absolute atomic E-state index is 0.130. The molecule has 1 fully saturated rings. The van der Waals surface area contributed by atoms with Crippen LogP contribution in [0.5, 0.6) is 0 Å². The Kier molecular flexibility index (Phi) is 4.03. The Balaban J connectivity index is 1.73. The summed E-state index contributed by atoms with van der Waals surface area (Å²) < 4.78 is 0. The van der Waals surface area contributed by atoms with Crippen molar-refractivity contribution >= 4 is 17.2 Å². The van der Waals surface area contributed by atoms with E-state index in [1.807, 2.05) is 41.5 Å². The zero-order valence-corrected chi connectivity index (χ0v) is 13.2. The molecular weight excluding hydrogens is 282 g/mol. The molecule has 5 heteroatoms. The fraction of sp³-hybridized carbons (Fsp3) is 0.375. The first-order valence-electron chi connectivity index (χ1n) is 7.14. The second-order valence-electron chi connectivity index (χ2n) is 5.47. The van der Waals surface area contributed by atoms with Gasteiger partial charge in [0.05, 0.1) is 0 Å². The van der Waals surface area contributed by atoms with Crippen molar-refractivity contribution in [3.63, 3.8) is 0 Å². The van der Waals surface area contributed by atoms with E-state index in [1.54, 1.807) is 11.3 Å². The van der Waals surface area contributed by atoms with Crippen LogP contribution in [0.3, 0.4) is 0 Å². The molecule has 3 rings (SSSR count). The summed E-state index contributed by atoms with van der Waals surface area (Å²) in [4.78, 5) is 21.1. The zero-order valence-electron chi connectivity index (χ0n) is 12.4. The van der Waals surface area contributed by atoms with Crippen LogP contribution in [0, 0.1) is 6.92 Å². The van der Waals surface area contributed by atoms with Crippen molar-refractivity contribution in [2.75, 3.05) is 33.2 Å². The molecule has 1 amide bonds. The number of aryl methyl sites for hydroxylation is 1. The maximum Gasteiger partial charge on any atom is 0.253 e. The van der Waals surface area contributed by atoms with E-state index in [4.69, 9.17) is 0 Å². The average Bonchev–Trinajstić information content (AvgIpc) is 2.94. The first-order valence-corrected chi connectivity index (χ1v) is 8.02. The largest absolute Gasteiger partial charge is 0.336 e.